The summed E-state index contributed by atoms with van der Waals surface area (Å²) in [6.45, 7) is 16.1. The maximum Gasteiger partial charge on any atom is 0.0729 e. The summed E-state index contributed by atoms with van der Waals surface area (Å²) < 4.78 is 0. The van der Waals surface area contributed by atoms with Crippen LogP contribution in [-0.2, 0) is 0 Å². The fourth-order valence-corrected chi connectivity index (χ4v) is 9.11. The molecule has 0 amide bonds. The second-order valence-corrected chi connectivity index (χ2v) is 13.1. The molecule has 3 saturated carbocycles. The average Bonchev–Trinajstić information content (AvgIpc) is 2.97. The molecule has 4 aliphatic rings. The molecule has 2 nitrogen and oxygen atoms in total. The summed E-state index contributed by atoms with van der Waals surface area (Å²) in [5.41, 5.74) is 2.56. The summed E-state index contributed by atoms with van der Waals surface area (Å²) in [6, 6.07) is 0. The van der Waals surface area contributed by atoms with Crippen molar-refractivity contribution < 1.29 is 10.2 Å². The standard InChI is InChI=1S/C29H48O2/c1-19(2)9-8-10-20(3)29(31)18-14-23-21-11-12-24-26(4,5)25(30)15-16-27(24,6)22(21)13-17-28(23,29)7/h9,12,20-23,25,30-31H,8,10-11,13-18H2,1-7H3/t20-,21-,22+,23+,25-,27-,28+,29-/m1/s1. The van der Waals surface area contributed by atoms with Gasteiger partial charge in [0.05, 0.1) is 11.7 Å². The van der Waals surface area contributed by atoms with Crippen LogP contribution in [0.15, 0.2) is 23.3 Å². The minimum absolute atomic E-state index is 0.0456. The summed E-state index contributed by atoms with van der Waals surface area (Å²) in [5, 5.41) is 22.8. The van der Waals surface area contributed by atoms with Gasteiger partial charge in [0, 0.05) is 5.41 Å². The van der Waals surface area contributed by atoms with E-state index in [-0.39, 0.29) is 22.3 Å². The van der Waals surface area contributed by atoms with Gasteiger partial charge < -0.3 is 10.2 Å². The van der Waals surface area contributed by atoms with Crippen LogP contribution in [0.4, 0.5) is 0 Å². The first-order valence-corrected chi connectivity index (χ1v) is 13.1. The third-order valence-corrected chi connectivity index (χ3v) is 11.1. The third kappa shape index (κ3) is 3.33. The molecule has 2 heteroatoms. The fraction of sp³-hybridized carbons (Fsp3) is 0.862. The average molecular weight is 429 g/mol. The number of hydrogen-bond donors (Lipinski definition) is 2. The molecule has 2 N–H and O–H groups in total. The first-order chi connectivity index (χ1) is 14.4. The van der Waals surface area contributed by atoms with E-state index < -0.39 is 5.60 Å². The van der Waals surface area contributed by atoms with Crippen LogP contribution < -0.4 is 0 Å². The van der Waals surface area contributed by atoms with Crippen LogP contribution >= 0.6 is 0 Å². The Bertz CT molecular complexity index is 759. The van der Waals surface area contributed by atoms with E-state index in [4.69, 9.17) is 0 Å². The number of fused-ring (bicyclic) bond motifs is 5. The van der Waals surface area contributed by atoms with Gasteiger partial charge >= 0.3 is 0 Å². The van der Waals surface area contributed by atoms with Crippen LogP contribution in [0.3, 0.4) is 0 Å². The number of aliphatic hydroxyl groups is 2. The van der Waals surface area contributed by atoms with Gasteiger partial charge in [-0.2, -0.15) is 0 Å². The molecule has 0 spiro atoms. The molecule has 0 aromatic rings. The zero-order valence-corrected chi connectivity index (χ0v) is 21.3. The van der Waals surface area contributed by atoms with Crippen LogP contribution in [0.2, 0.25) is 0 Å². The van der Waals surface area contributed by atoms with Crippen molar-refractivity contribution in [1.82, 2.24) is 0 Å². The Labute approximate surface area is 191 Å². The summed E-state index contributed by atoms with van der Waals surface area (Å²) in [4.78, 5) is 0. The molecule has 0 radical (unpaired) electrons. The van der Waals surface area contributed by atoms with Gasteiger partial charge in [0.1, 0.15) is 0 Å². The highest BCUT2D eigenvalue weighted by atomic mass is 16.3. The summed E-state index contributed by atoms with van der Waals surface area (Å²) in [7, 11) is 0. The molecule has 0 saturated heterocycles. The van der Waals surface area contributed by atoms with Gasteiger partial charge in [-0.1, -0.05) is 57.9 Å². The van der Waals surface area contributed by atoms with E-state index in [0.717, 1.165) is 44.9 Å². The van der Waals surface area contributed by atoms with Crippen LogP contribution in [0.25, 0.3) is 0 Å². The van der Waals surface area contributed by atoms with Crippen molar-refractivity contribution in [1.29, 1.82) is 0 Å². The minimum atomic E-state index is -0.523. The topological polar surface area (TPSA) is 40.5 Å². The van der Waals surface area contributed by atoms with Gasteiger partial charge in [-0.15, -0.1) is 0 Å². The maximum atomic E-state index is 12.1. The van der Waals surface area contributed by atoms with Crippen molar-refractivity contribution >= 4 is 0 Å². The summed E-state index contributed by atoms with van der Waals surface area (Å²) >= 11 is 0. The molecule has 0 aromatic heterocycles. The van der Waals surface area contributed by atoms with Gasteiger partial charge in [0.25, 0.3) is 0 Å². The van der Waals surface area contributed by atoms with Gasteiger partial charge in [-0.3, -0.25) is 0 Å². The number of rotatable bonds is 4. The van der Waals surface area contributed by atoms with E-state index in [1.807, 2.05) is 0 Å². The van der Waals surface area contributed by atoms with Crippen molar-refractivity contribution in [2.45, 2.75) is 118 Å². The Morgan fingerprint density at radius 2 is 1.74 bits per heavy atom. The summed E-state index contributed by atoms with van der Waals surface area (Å²) in [6.07, 6.45) is 14.6. The van der Waals surface area contributed by atoms with E-state index in [0.29, 0.717) is 23.7 Å². The first-order valence-electron chi connectivity index (χ1n) is 13.1. The zero-order chi connectivity index (χ0) is 22.8. The van der Waals surface area contributed by atoms with Crippen molar-refractivity contribution in [3.63, 3.8) is 0 Å². The molecular formula is C29H48O2. The van der Waals surface area contributed by atoms with Crippen LogP contribution in [-0.4, -0.2) is 21.9 Å². The smallest absolute Gasteiger partial charge is 0.0729 e. The Kier molecular flexibility index (Phi) is 5.87. The molecule has 0 unspecified atom stereocenters. The second-order valence-electron chi connectivity index (χ2n) is 13.1. The molecule has 0 heterocycles. The van der Waals surface area contributed by atoms with E-state index in [1.54, 1.807) is 0 Å². The zero-order valence-electron chi connectivity index (χ0n) is 21.3. The Hall–Kier alpha value is -0.600. The number of allylic oxidation sites excluding steroid dienone is 3. The first kappa shape index (κ1) is 23.6. The normalized spacial score (nSPS) is 46.9. The number of aliphatic hydroxyl groups excluding tert-OH is 1. The van der Waals surface area contributed by atoms with Crippen LogP contribution in [0.1, 0.15) is 106 Å². The lowest BCUT2D eigenvalue weighted by Crippen LogP contribution is -2.58. The molecule has 8 atom stereocenters. The van der Waals surface area contributed by atoms with Crippen molar-refractivity contribution in [3.05, 3.63) is 23.3 Å². The van der Waals surface area contributed by atoms with Crippen LogP contribution in [0, 0.1) is 39.9 Å². The van der Waals surface area contributed by atoms with Crippen LogP contribution in [0.5, 0.6) is 0 Å². The predicted molar refractivity (Wildman–Crippen MR) is 130 cm³/mol. The molecule has 0 aromatic carbocycles. The second kappa shape index (κ2) is 7.73. The Morgan fingerprint density at radius 3 is 2.42 bits per heavy atom. The minimum Gasteiger partial charge on any atom is -0.392 e. The number of hydrogen-bond acceptors (Lipinski definition) is 2. The molecule has 4 rings (SSSR count). The summed E-state index contributed by atoms with van der Waals surface area (Å²) in [5.74, 6) is 2.38. The van der Waals surface area contributed by atoms with Gasteiger partial charge in [0.15, 0.2) is 0 Å². The molecule has 4 aliphatic carbocycles. The van der Waals surface area contributed by atoms with E-state index in [2.05, 4.69) is 60.6 Å². The van der Waals surface area contributed by atoms with E-state index in [1.165, 1.54) is 24.0 Å². The van der Waals surface area contributed by atoms with Crippen molar-refractivity contribution in [2.75, 3.05) is 0 Å². The molecule has 31 heavy (non-hydrogen) atoms. The van der Waals surface area contributed by atoms with Crippen molar-refractivity contribution in [2.24, 2.45) is 39.9 Å². The fourth-order valence-electron chi connectivity index (χ4n) is 9.11. The maximum absolute atomic E-state index is 12.1. The van der Waals surface area contributed by atoms with E-state index >= 15 is 0 Å². The molecule has 3 fully saturated rings. The molecule has 0 bridgehead atoms. The van der Waals surface area contributed by atoms with Crippen molar-refractivity contribution in [3.8, 4) is 0 Å². The molecule has 176 valence electrons. The third-order valence-electron chi connectivity index (χ3n) is 11.1. The van der Waals surface area contributed by atoms with Gasteiger partial charge in [-0.05, 0) is 106 Å². The lowest BCUT2D eigenvalue weighted by Gasteiger charge is -2.62. The van der Waals surface area contributed by atoms with Gasteiger partial charge in [0.2, 0.25) is 0 Å². The predicted octanol–water partition coefficient (Wildman–Crippen LogP) is 7.06. The highest BCUT2D eigenvalue weighted by Gasteiger charge is 2.65. The molecular weight excluding hydrogens is 380 g/mol. The largest absolute Gasteiger partial charge is 0.392 e. The van der Waals surface area contributed by atoms with Gasteiger partial charge in [-0.25, -0.2) is 0 Å². The van der Waals surface area contributed by atoms with E-state index in [9.17, 15) is 10.2 Å². The molecule has 0 aliphatic heterocycles. The SMILES string of the molecule is CC(C)=CCC[C@@H](C)[C@]1(O)CC[C@H]2[C@@H]3CC=C4C(C)(C)[C@H](O)CC[C@]4(C)[C@H]3CC[C@@]21C. The highest BCUT2D eigenvalue weighted by Crippen LogP contribution is 2.69. The quantitative estimate of drug-likeness (QED) is 0.471. The Balaban J connectivity index is 1.60. The highest BCUT2D eigenvalue weighted by molar-refractivity contribution is 5.31. The lowest BCUT2D eigenvalue weighted by molar-refractivity contribution is -0.153. The monoisotopic (exact) mass is 428 g/mol. The lowest BCUT2D eigenvalue weighted by atomic mass is 9.44. The Morgan fingerprint density at radius 1 is 1.06 bits per heavy atom.